The quantitative estimate of drug-likeness (QED) is 0.0240. The number of carbonyl (C=O) groups is 2. The minimum Gasteiger partial charge on any atom is -0.462 e. The highest BCUT2D eigenvalue weighted by atomic mass is 31.2. The molecule has 0 heterocycles. The van der Waals surface area contributed by atoms with E-state index in [9.17, 15) is 24.2 Å². The van der Waals surface area contributed by atoms with Crippen molar-refractivity contribution in [3.05, 3.63) is 12.2 Å². The van der Waals surface area contributed by atoms with Gasteiger partial charge in [0.2, 0.25) is 0 Å². The second-order valence-corrected chi connectivity index (χ2v) is 15.5. The zero-order valence-electron chi connectivity index (χ0n) is 32.6. The van der Waals surface area contributed by atoms with Gasteiger partial charge < -0.3 is 24.6 Å². The minimum atomic E-state index is -4.61. The molecule has 10 nitrogen and oxygen atoms in total. The van der Waals surface area contributed by atoms with E-state index < -0.39 is 51.8 Å². The molecule has 302 valence electrons. The van der Waals surface area contributed by atoms with Crippen LogP contribution in [0.1, 0.15) is 194 Å². The Labute approximate surface area is 311 Å². The maximum atomic E-state index is 12.6. The minimum absolute atomic E-state index is 0.178. The van der Waals surface area contributed by atoms with E-state index in [1.165, 1.54) is 96.3 Å². The Balaban J connectivity index is 4.32. The standard InChI is InChI=1S/C40H77O10P/c1-3-5-7-9-11-13-15-17-18-20-22-24-26-28-30-32-40(44)50-38(36-49-51(45,46)48-34-37(42)33-41)35-47-39(43)31-29-27-25-23-21-19-16-14-12-10-8-6-4-2/h17-18,37-38,41-42H,3-16,19-36H2,1-2H3,(H,45,46). The van der Waals surface area contributed by atoms with Gasteiger partial charge in [0.15, 0.2) is 6.10 Å². The van der Waals surface area contributed by atoms with Crippen LogP contribution in [-0.4, -0.2) is 65.7 Å². The second-order valence-electron chi connectivity index (χ2n) is 14.0. The second kappa shape index (κ2) is 37.0. The monoisotopic (exact) mass is 749 g/mol. The third-order valence-corrected chi connectivity index (χ3v) is 9.87. The van der Waals surface area contributed by atoms with Gasteiger partial charge in [-0.05, 0) is 38.5 Å². The highest BCUT2D eigenvalue weighted by Crippen LogP contribution is 2.43. The number of ether oxygens (including phenoxy) is 2. The number of aliphatic hydroxyl groups excluding tert-OH is 2. The number of hydrogen-bond donors (Lipinski definition) is 3. The molecule has 0 aliphatic heterocycles. The molecule has 0 aliphatic rings. The molecule has 0 bridgehead atoms. The van der Waals surface area contributed by atoms with Crippen LogP contribution in [0, 0.1) is 0 Å². The fraction of sp³-hybridized carbons (Fsp3) is 0.900. The number of phosphoric acid groups is 1. The molecule has 51 heavy (non-hydrogen) atoms. The molecule has 0 saturated heterocycles. The molecule has 0 spiro atoms. The predicted molar refractivity (Wildman–Crippen MR) is 205 cm³/mol. The van der Waals surface area contributed by atoms with Crippen molar-refractivity contribution in [3.63, 3.8) is 0 Å². The fourth-order valence-corrected chi connectivity index (χ4v) is 6.48. The number of esters is 2. The molecule has 0 aromatic carbocycles. The normalized spacial score (nSPS) is 14.1. The van der Waals surface area contributed by atoms with E-state index in [1.54, 1.807) is 0 Å². The van der Waals surface area contributed by atoms with E-state index in [0.717, 1.165) is 57.8 Å². The number of allylic oxidation sites excluding steroid dienone is 2. The fourth-order valence-electron chi connectivity index (χ4n) is 5.69. The Bertz CT molecular complexity index is 868. The average molecular weight is 749 g/mol. The van der Waals surface area contributed by atoms with Gasteiger partial charge in [0.1, 0.15) is 12.7 Å². The van der Waals surface area contributed by atoms with Gasteiger partial charge in [-0.3, -0.25) is 18.6 Å². The number of hydrogen-bond acceptors (Lipinski definition) is 9. The maximum absolute atomic E-state index is 12.6. The van der Waals surface area contributed by atoms with E-state index in [1.807, 2.05) is 0 Å². The van der Waals surface area contributed by atoms with E-state index in [-0.39, 0.29) is 19.4 Å². The van der Waals surface area contributed by atoms with Crippen LogP contribution in [0.15, 0.2) is 12.2 Å². The lowest BCUT2D eigenvalue weighted by Crippen LogP contribution is -2.29. The van der Waals surface area contributed by atoms with E-state index in [2.05, 4.69) is 30.5 Å². The van der Waals surface area contributed by atoms with Crippen molar-refractivity contribution in [2.24, 2.45) is 0 Å². The Kier molecular flexibility index (Phi) is 36.1. The summed E-state index contributed by atoms with van der Waals surface area (Å²) in [7, 11) is -4.61. The molecule has 11 heteroatoms. The first-order valence-electron chi connectivity index (χ1n) is 20.6. The molecule has 0 aromatic heterocycles. The van der Waals surface area contributed by atoms with Crippen molar-refractivity contribution in [1.29, 1.82) is 0 Å². The molecule has 0 radical (unpaired) electrons. The first-order chi connectivity index (χ1) is 24.7. The molecular formula is C40H77O10P. The van der Waals surface area contributed by atoms with Gasteiger partial charge in [0, 0.05) is 12.8 Å². The molecular weight excluding hydrogens is 671 g/mol. The lowest BCUT2D eigenvalue weighted by Gasteiger charge is -2.20. The predicted octanol–water partition coefficient (Wildman–Crippen LogP) is 10.4. The van der Waals surface area contributed by atoms with E-state index >= 15 is 0 Å². The summed E-state index contributed by atoms with van der Waals surface area (Å²) in [6.45, 7) is 2.37. The molecule has 0 aromatic rings. The van der Waals surface area contributed by atoms with Crippen molar-refractivity contribution < 1.29 is 47.8 Å². The van der Waals surface area contributed by atoms with Crippen LogP contribution in [0.4, 0.5) is 0 Å². The SMILES string of the molecule is CCCCCCCCC=CCCCCCCCC(=O)OC(COC(=O)CCCCCCCCCCCCCCC)COP(=O)(O)OCC(O)CO. The smallest absolute Gasteiger partial charge is 0.462 e. The number of unbranched alkanes of at least 4 members (excludes halogenated alkanes) is 23. The lowest BCUT2D eigenvalue weighted by atomic mass is 10.0. The Morgan fingerprint density at radius 2 is 0.961 bits per heavy atom. The molecule has 0 amide bonds. The first kappa shape index (κ1) is 49.7. The van der Waals surface area contributed by atoms with Crippen molar-refractivity contribution >= 4 is 19.8 Å². The topological polar surface area (TPSA) is 149 Å². The van der Waals surface area contributed by atoms with Gasteiger partial charge in [0.05, 0.1) is 19.8 Å². The van der Waals surface area contributed by atoms with Gasteiger partial charge in [-0.15, -0.1) is 0 Å². The zero-order valence-corrected chi connectivity index (χ0v) is 33.5. The number of phosphoric ester groups is 1. The molecule has 3 N–H and O–H groups in total. The molecule has 0 fully saturated rings. The van der Waals surface area contributed by atoms with Crippen LogP contribution in [0.25, 0.3) is 0 Å². The Hall–Kier alpha value is -1.29. The van der Waals surface area contributed by atoms with Crippen molar-refractivity contribution in [2.75, 3.05) is 26.4 Å². The number of aliphatic hydroxyl groups is 2. The highest BCUT2D eigenvalue weighted by Gasteiger charge is 2.27. The number of carbonyl (C=O) groups excluding carboxylic acids is 2. The van der Waals surface area contributed by atoms with E-state index in [4.69, 9.17) is 19.1 Å². The summed E-state index contributed by atoms with van der Waals surface area (Å²) in [5.41, 5.74) is 0. The van der Waals surface area contributed by atoms with Gasteiger partial charge in [-0.2, -0.15) is 0 Å². The third-order valence-electron chi connectivity index (χ3n) is 8.92. The number of rotatable bonds is 39. The van der Waals surface area contributed by atoms with Crippen LogP contribution < -0.4 is 0 Å². The Morgan fingerprint density at radius 1 is 0.569 bits per heavy atom. The lowest BCUT2D eigenvalue weighted by molar-refractivity contribution is -0.161. The van der Waals surface area contributed by atoms with Crippen molar-refractivity contribution in [2.45, 2.75) is 206 Å². The van der Waals surface area contributed by atoms with Crippen LogP contribution in [-0.2, 0) is 32.7 Å². The van der Waals surface area contributed by atoms with Crippen LogP contribution >= 0.6 is 7.82 Å². The molecule has 0 saturated carbocycles. The van der Waals surface area contributed by atoms with Crippen molar-refractivity contribution in [1.82, 2.24) is 0 Å². The summed E-state index contributed by atoms with van der Waals surface area (Å²) in [4.78, 5) is 34.9. The molecule has 0 aliphatic carbocycles. The van der Waals surface area contributed by atoms with Crippen LogP contribution in [0.5, 0.6) is 0 Å². The summed E-state index contributed by atoms with van der Waals surface area (Å²) in [5, 5.41) is 18.3. The average Bonchev–Trinajstić information content (AvgIpc) is 3.12. The van der Waals surface area contributed by atoms with Gasteiger partial charge in [-0.25, -0.2) is 4.57 Å². The third kappa shape index (κ3) is 36.8. The van der Waals surface area contributed by atoms with Crippen LogP contribution in [0.3, 0.4) is 0 Å². The van der Waals surface area contributed by atoms with Gasteiger partial charge in [-0.1, -0.05) is 154 Å². The Morgan fingerprint density at radius 3 is 1.41 bits per heavy atom. The summed E-state index contributed by atoms with van der Waals surface area (Å²) in [6.07, 6.45) is 33.2. The van der Waals surface area contributed by atoms with Gasteiger partial charge >= 0.3 is 19.8 Å². The zero-order chi connectivity index (χ0) is 37.7. The summed E-state index contributed by atoms with van der Waals surface area (Å²) < 4.78 is 32.6. The first-order valence-corrected chi connectivity index (χ1v) is 22.1. The maximum Gasteiger partial charge on any atom is 0.472 e. The largest absolute Gasteiger partial charge is 0.472 e. The highest BCUT2D eigenvalue weighted by molar-refractivity contribution is 7.47. The van der Waals surface area contributed by atoms with Crippen molar-refractivity contribution in [3.8, 4) is 0 Å². The summed E-state index contributed by atoms with van der Waals surface area (Å²) in [5.74, 6) is -0.927. The molecule has 0 rings (SSSR count). The van der Waals surface area contributed by atoms with Gasteiger partial charge in [0.25, 0.3) is 0 Å². The molecule has 3 unspecified atom stereocenters. The summed E-state index contributed by atoms with van der Waals surface area (Å²) >= 11 is 0. The summed E-state index contributed by atoms with van der Waals surface area (Å²) in [6, 6.07) is 0. The van der Waals surface area contributed by atoms with Crippen LogP contribution in [0.2, 0.25) is 0 Å². The molecule has 3 atom stereocenters. The van der Waals surface area contributed by atoms with E-state index in [0.29, 0.717) is 12.8 Å².